The predicted octanol–water partition coefficient (Wildman–Crippen LogP) is 4.24. The summed E-state index contributed by atoms with van der Waals surface area (Å²) in [5.74, 6) is 0.650. The first-order valence-corrected chi connectivity index (χ1v) is 10.3. The minimum Gasteiger partial charge on any atom is -0.356 e. The maximum atomic E-state index is 13.8. The van der Waals surface area contributed by atoms with Crippen molar-refractivity contribution in [2.24, 2.45) is 5.10 Å². The normalized spacial score (nSPS) is 13.7. The molecule has 8 heteroatoms. The van der Waals surface area contributed by atoms with Gasteiger partial charge in [-0.2, -0.15) is 10.2 Å². The quantitative estimate of drug-likeness (QED) is 0.366. The molecule has 1 aromatic heterocycles. The molecule has 4 rings (SSSR count). The Kier molecular flexibility index (Phi) is 6.04. The van der Waals surface area contributed by atoms with E-state index in [2.05, 4.69) is 20.7 Å². The van der Waals surface area contributed by atoms with Crippen molar-refractivity contribution >= 4 is 35.1 Å². The Bertz CT molecular complexity index is 1060. The zero-order valence-electron chi connectivity index (χ0n) is 16.7. The van der Waals surface area contributed by atoms with Gasteiger partial charge in [-0.15, -0.1) is 0 Å². The van der Waals surface area contributed by atoms with Gasteiger partial charge >= 0.3 is 0 Å². The monoisotopic (exact) mass is 422 g/mol. The van der Waals surface area contributed by atoms with Crippen LogP contribution in [-0.2, 0) is 0 Å². The van der Waals surface area contributed by atoms with E-state index in [-0.39, 0.29) is 10.9 Å². The Hall–Kier alpha value is -3.26. The van der Waals surface area contributed by atoms with E-state index >= 15 is 0 Å². The molecule has 0 atom stereocenters. The molecule has 2 aromatic carbocycles. The van der Waals surface area contributed by atoms with E-state index in [1.54, 1.807) is 24.4 Å². The molecule has 2 heterocycles. The van der Waals surface area contributed by atoms with Crippen LogP contribution in [0.15, 0.2) is 59.7 Å². The highest BCUT2D eigenvalue weighted by Gasteiger charge is 2.23. The van der Waals surface area contributed by atoms with Crippen LogP contribution in [-0.4, -0.2) is 34.2 Å². The molecule has 30 heavy (non-hydrogen) atoms. The number of para-hydroxylation sites is 2. The third-order valence-electron chi connectivity index (χ3n) is 4.97. The average Bonchev–Trinajstić information content (AvgIpc) is 3.39. The lowest BCUT2D eigenvalue weighted by molar-refractivity contribution is 0.632. The second kappa shape index (κ2) is 9.04. The van der Waals surface area contributed by atoms with Gasteiger partial charge in [0.2, 0.25) is 0 Å². The first-order chi connectivity index (χ1) is 14.6. The zero-order valence-corrected chi connectivity index (χ0v) is 17.5. The fourth-order valence-electron chi connectivity index (χ4n) is 3.53. The number of benzene rings is 2. The summed E-state index contributed by atoms with van der Waals surface area (Å²) in [6.07, 6.45) is 4.04. The number of hydrogen-bond donors (Lipinski definition) is 2. The van der Waals surface area contributed by atoms with Crippen LogP contribution in [0.2, 0.25) is 0 Å². The first kappa shape index (κ1) is 20.0. The summed E-state index contributed by atoms with van der Waals surface area (Å²) in [6, 6.07) is 16.4. The fourth-order valence-corrected chi connectivity index (χ4v) is 3.69. The van der Waals surface area contributed by atoms with Gasteiger partial charge in [0.05, 0.1) is 28.8 Å². The maximum absolute atomic E-state index is 13.8. The number of rotatable bonds is 5. The van der Waals surface area contributed by atoms with Crippen molar-refractivity contribution in [3.05, 3.63) is 71.7 Å². The number of nitrogens with zero attached hydrogens (tertiary/aromatic N) is 4. The molecule has 154 valence electrons. The van der Waals surface area contributed by atoms with Crippen molar-refractivity contribution in [1.29, 1.82) is 0 Å². The van der Waals surface area contributed by atoms with E-state index in [9.17, 15) is 4.39 Å². The molecule has 0 bridgehead atoms. The van der Waals surface area contributed by atoms with Gasteiger partial charge < -0.3 is 10.2 Å². The largest absolute Gasteiger partial charge is 0.356 e. The molecule has 1 aliphatic heterocycles. The summed E-state index contributed by atoms with van der Waals surface area (Å²) in [7, 11) is 0. The van der Waals surface area contributed by atoms with Crippen molar-refractivity contribution in [3.8, 4) is 5.69 Å². The Balaban J connectivity index is 1.57. The molecule has 3 aromatic rings. The summed E-state index contributed by atoms with van der Waals surface area (Å²) >= 11 is 5.23. The molecule has 6 nitrogen and oxygen atoms in total. The van der Waals surface area contributed by atoms with E-state index in [1.165, 1.54) is 6.07 Å². The molecule has 1 fully saturated rings. The second-order valence-corrected chi connectivity index (χ2v) is 7.48. The molecule has 1 aliphatic rings. The molecule has 2 N–H and O–H groups in total. The first-order valence-electron chi connectivity index (χ1n) is 9.88. The van der Waals surface area contributed by atoms with Gasteiger partial charge in [-0.3, -0.25) is 5.43 Å². The number of aromatic nitrogens is 2. The summed E-state index contributed by atoms with van der Waals surface area (Å²) in [4.78, 5) is 2.34. The molecule has 0 aliphatic carbocycles. The highest BCUT2D eigenvalue weighted by Crippen LogP contribution is 2.28. The van der Waals surface area contributed by atoms with Crippen LogP contribution in [0.25, 0.3) is 5.69 Å². The third kappa shape index (κ3) is 4.33. The standard InChI is InChI=1S/C22H23FN6S/c1-16-18(15-24-26-22(30)25-20-12-6-5-11-19(20)23)21(28-13-7-8-14-28)29(27-16)17-9-3-2-4-10-17/h2-6,9-12,15H,7-8,13-14H2,1H3,(H2,25,26,30)/b24-15-. The van der Waals surface area contributed by atoms with Gasteiger partial charge in [0, 0.05) is 13.1 Å². The van der Waals surface area contributed by atoms with E-state index in [1.807, 2.05) is 41.9 Å². The van der Waals surface area contributed by atoms with Gasteiger partial charge in [0.15, 0.2) is 5.11 Å². The van der Waals surface area contributed by atoms with Crippen LogP contribution in [0.3, 0.4) is 0 Å². The van der Waals surface area contributed by atoms with Crippen molar-refractivity contribution in [3.63, 3.8) is 0 Å². The average molecular weight is 423 g/mol. The van der Waals surface area contributed by atoms with Crippen molar-refractivity contribution in [1.82, 2.24) is 15.2 Å². The molecule has 0 radical (unpaired) electrons. The number of anilines is 2. The minimum atomic E-state index is -0.373. The lowest BCUT2D eigenvalue weighted by Crippen LogP contribution is -2.25. The minimum absolute atomic E-state index is 0.215. The summed E-state index contributed by atoms with van der Waals surface area (Å²) < 4.78 is 15.7. The lowest BCUT2D eigenvalue weighted by atomic mass is 10.2. The SMILES string of the molecule is Cc1nn(-c2ccccc2)c(N2CCCC2)c1/C=N\NC(=S)Nc1ccccc1F. The van der Waals surface area contributed by atoms with Crippen LogP contribution in [0.5, 0.6) is 0 Å². The van der Waals surface area contributed by atoms with Crippen LogP contribution < -0.4 is 15.6 Å². The topological polar surface area (TPSA) is 57.5 Å². The fraction of sp³-hybridized carbons (Fsp3) is 0.227. The van der Waals surface area contributed by atoms with Crippen LogP contribution in [0.4, 0.5) is 15.9 Å². The smallest absolute Gasteiger partial charge is 0.191 e. The lowest BCUT2D eigenvalue weighted by Gasteiger charge is -2.20. The van der Waals surface area contributed by atoms with Crippen LogP contribution >= 0.6 is 12.2 Å². The van der Waals surface area contributed by atoms with Gasteiger partial charge in [-0.1, -0.05) is 30.3 Å². The highest BCUT2D eigenvalue weighted by molar-refractivity contribution is 7.80. The third-order valence-corrected chi connectivity index (χ3v) is 5.16. The Morgan fingerprint density at radius 3 is 2.53 bits per heavy atom. The predicted molar refractivity (Wildman–Crippen MR) is 123 cm³/mol. The number of halogens is 1. The Morgan fingerprint density at radius 2 is 1.80 bits per heavy atom. The molecule has 0 unspecified atom stereocenters. The Labute approximate surface area is 180 Å². The highest BCUT2D eigenvalue weighted by atomic mass is 32.1. The number of hydrogen-bond acceptors (Lipinski definition) is 4. The van der Waals surface area contributed by atoms with E-state index in [4.69, 9.17) is 17.3 Å². The van der Waals surface area contributed by atoms with Crippen molar-refractivity contribution in [2.75, 3.05) is 23.3 Å². The van der Waals surface area contributed by atoms with Crippen LogP contribution in [0.1, 0.15) is 24.1 Å². The number of hydrazone groups is 1. The summed E-state index contributed by atoms with van der Waals surface area (Å²) in [5.41, 5.74) is 5.88. The number of aryl methyl sites for hydroxylation is 1. The molecular formula is C22H23FN6S. The van der Waals surface area contributed by atoms with Crippen LogP contribution in [0, 0.1) is 12.7 Å². The van der Waals surface area contributed by atoms with Gasteiger partial charge in [-0.05, 0) is 56.2 Å². The molecule has 1 saturated heterocycles. The number of nitrogens with one attached hydrogen (secondary N) is 2. The molecule has 0 amide bonds. The number of thiocarbonyl (C=S) groups is 1. The molecule has 0 saturated carbocycles. The van der Waals surface area contributed by atoms with E-state index < -0.39 is 0 Å². The van der Waals surface area contributed by atoms with Crippen molar-refractivity contribution in [2.45, 2.75) is 19.8 Å². The van der Waals surface area contributed by atoms with Crippen molar-refractivity contribution < 1.29 is 4.39 Å². The zero-order chi connectivity index (χ0) is 20.9. The second-order valence-electron chi connectivity index (χ2n) is 7.07. The molecular weight excluding hydrogens is 399 g/mol. The maximum Gasteiger partial charge on any atom is 0.191 e. The molecule has 0 spiro atoms. The van der Waals surface area contributed by atoms with Gasteiger partial charge in [0.1, 0.15) is 11.6 Å². The van der Waals surface area contributed by atoms with E-state index in [0.717, 1.165) is 48.7 Å². The van der Waals surface area contributed by atoms with E-state index in [0.29, 0.717) is 5.69 Å². The summed E-state index contributed by atoms with van der Waals surface area (Å²) in [5, 5.41) is 12.1. The van der Waals surface area contributed by atoms with Gasteiger partial charge in [-0.25, -0.2) is 9.07 Å². The summed E-state index contributed by atoms with van der Waals surface area (Å²) in [6.45, 7) is 3.94. The Morgan fingerprint density at radius 1 is 1.10 bits per heavy atom. The van der Waals surface area contributed by atoms with Gasteiger partial charge in [0.25, 0.3) is 0 Å².